The average molecular weight is 506 g/mol. The van der Waals surface area contributed by atoms with E-state index in [-0.39, 0.29) is 12.2 Å². The van der Waals surface area contributed by atoms with Crippen molar-refractivity contribution in [3.63, 3.8) is 0 Å². The van der Waals surface area contributed by atoms with Crippen LogP contribution in [0.2, 0.25) is 0 Å². The van der Waals surface area contributed by atoms with Gasteiger partial charge in [0.15, 0.2) is 0 Å². The number of aliphatic hydroxyl groups is 1. The highest BCUT2D eigenvalue weighted by molar-refractivity contribution is 5.97. The molecule has 1 rings (SSSR count). The van der Waals surface area contributed by atoms with E-state index in [1.165, 1.54) is 13.8 Å². The second-order valence-electron chi connectivity index (χ2n) is 8.81. The number of nitrogens with one attached hydrogen (secondary N) is 2. The van der Waals surface area contributed by atoms with Crippen molar-refractivity contribution >= 4 is 30.2 Å². The zero-order chi connectivity index (χ0) is 28.2. The number of primary amides is 1. The Morgan fingerprint density at radius 3 is 1.80 bits per heavy atom. The van der Waals surface area contributed by atoms with Crippen LogP contribution in [0.3, 0.4) is 0 Å². The summed E-state index contributed by atoms with van der Waals surface area (Å²) < 4.78 is 9.09. The Labute approximate surface area is 209 Å². The summed E-state index contributed by atoms with van der Waals surface area (Å²) in [5.41, 5.74) is 8.11. The molecule has 0 heterocycles. The first-order chi connectivity index (χ1) is 16.1. The van der Waals surface area contributed by atoms with Gasteiger partial charge in [-0.1, -0.05) is 53.4 Å². The highest BCUT2D eigenvalue weighted by Crippen LogP contribution is 2.28. The smallest absolute Gasteiger partial charge is 0.426 e. The lowest BCUT2D eigenvalue weighted by atomic mass is 9.92. The van der Waals surface area contributed by atoms with Crippen LogP contribution in [0.5, 0.6) is 0 Å². The van der Waals surface area contributed by atoms with Gasteiger partial charge < -0.3 is 25.1 Å². The quantitative estimate of drug-likeness (QED) is 0.175. The molecule has 0 bridgehead atoms. The topological polar surface area (TPSA) is 174 Å². The molecule has 0 radical (unpaired) electrons. The lowest BCUT2D eigenvalue weighted by Crippen LogP contribution is -2.45. The molecule has 0 aromatic carbocycles. The van der Waals surface area contributed by atoms with Gasteiger partial charge in [0.1, 0.15) is 17.7 Å². The molecule has 35 heavy (non-hydrogen) atoms. The van der Waals surface area contributed by atoms with E-state index in [2.05, 4.69) is 21.3 Å². The van der Waals surface area contributed by atoms with Gasteiger partial charge in [0.05, 0.1) is 5.92 Å². The number of ether oxygens (including phenoxy) is 2. The number of amides is 3. The van der Waals surface area contributed by atoms with Gasteiger partial charge in [-0.25, -0.2) is 15.0 Å². The predicted molar refractivity (Wildman–Crippen MR) is 133 cm³/mol. The van der Waals surface area contributed by atoms with Crippen LogP contribution in [0.15, 0.2) is 0 Å². The lowest BCUT2D eigenvalue weighted by Gasteiger charge is -2.20. The maximum absolute atomic E-state index is 12.1. The van der Waals surface area contributed by atoms with Crippen molar-refractivity contribution in [3.05, 3.63) is 0 Å². The molecule has 1 aliphatic carbocycles. The molecule has 1 saturated carbocycles. The van der Waals surface area contributed by atoms with Crippen LogP contribution < -0.4 is 16.6 Å². The monoisotopic (exact) mass is 505 g/mol. The van der Waals surface area contributed by atoms with Crippen molar-refractivity contribution in [1.82, 2.24) is 10.9 Å². The Kier molecular flexibility index (Phi) is 20.6. The van der Waals surface area contributed by atoms with Crippen LogP contribution >= 0.6 is 0 Å². The van der Waals surface area contributed by atoms with Crippen LogP contribution in [0.25, 0.3) is 0 Å². The molecule has 0 aromatic rings. The summed E-state index contributed by atoms with van der Waals surface area (Å²) in [6, 6.07) is 0. The summed E-state index contributed by atoms with van der Waals surface area (Å²) in [7, 11) is 0. The van der Waals surface area contributed by atoms with Gasteiger partial charge in [0, 0.05) is 26.7 Å². The summed E-state index contributed by atoms with van der Waals surface area (Å²) in [6.45, 7) is 15.7. The number of carbonyl (C=O) groups excluding carboxylic acids is 5. The molecular formula is C24H47N3O8. The largest absolute Gasteiger partial charge is 0.443 e. The normalized spacial score (nSPS) is 13.7. The van der Waals surface area contributed by atoms with Crippen LogP contribution in [-0.2, 0) is 23.9 Å². The molecule has 1 aliphatic rings. The number of hydrazine groups is 1. The van der Waals surface area contributed by atoms with Crippen LogP contribution in [0, 0.1) is 11.8 Å². The molecule has 11 heteroatoms. The number of nitrogens with two attached hydrogens (primary N) is 1. The zero-order valence-corrected chi connectivity index (χ0v) is 22.9. The van der Waals surface area contributed by atoms with Crippen molar-refractivity contribution in [1.29, 1.82) is 0 Å². The fourth-order valence-electron chi connectivity index (χ4n) is 2.81. The van der Waals surface area contributed by atoms with Crippen LogP contribution in [-0.4, -0.2) is 46.7 Å². The minimum absolute atomic E-state index is 0.209. The third-order valence-electron chi connectivity index (χ3n) is 4.00. The molecule has 1 atom stereocenters. The maximum Gasteiger partial charge on any atom is 0.426 e. The average Bonchev–Trinajstić information content (AvgIpc) is 3.23. The first-order valence-electron chi connectivity index (χ1n) is 12.1. The zero-order valence-electron chi connectivity index (χ0n) is 22.9. The molecule has 1 unspecified atom stereocenters. The first kappa shape index (κ1) is 36.9. The molecule has 3 amide bonds. The second-order valence-corrected chi connectivity index (χ2v) is 8.81. The SMILES string of the molecule is CC.CC.CC(C)(C)OC(=O)NNC(=O)CC(C=O)C(=O)CC1CCCC1.CC(C)(O)OC(N)=O. The molecule has 206 valence electrons. The van der Waals surface area contributed by atoms with Crippen LogP contribution in [0.4, 0.5) is 9.59 Å². The maximum atomic E-state index is 12.1. The highest BCUT2D eigenvalue weighted by atomic mass is 16.7. The molecule has 5 N–H and O–H groups in total. The number of hydrogen-bond donors (Lipinski definition) is 4. The standard InChI is InChI=1S/C16H26N2O5.C4H9NO3.2C2H6/c1-16(2,3)23-15(22)18-17-14(21)9-12(10-19)13(20)8-11-6-4-5-7-11;1-4(2,7)8-3(5)6;2*1-2/h10-12H,4-9H2,1-3H3,(H,17,21)(H,18,22);7H,1-2H3,(H2,5,6);2*1-2H3. The summed E-state index contributed by atoms with van der Waals surface area (Å²) in [4.78, 5) is 56.1. The van der Waals surface area contributed by atoms with Crippen LogP contribution in [0.1, 0.15) is 101 Å². The molecule has 1 fully saturated rings. The fourth-order valence-corrected chi connectivity index (χ4v) is 2.81. The number of ketones is 1. The Morgan fingerprint density at radius 2 is 1.46 bits per heavy atom. The second kappa shape index (κ2) is 19.6. The van der Waals surface area contributed by atoms with Gasteiger partial charge in [0.25, 0.3) is 0 Å². The van der Waals surface area contributed by atoms with Crippen molar-refractivity contribution in [2.75, 3.05) is 0 Å². The summed E-state index contributed by atoms with van der Waals surface area (Å²) in [6.07, 6.45) is 3.04. The number of carbonyl (C=O) groups is 5. The molecule has 11 nitrogen and oxygen atoms in total. The van der Waals surface area contributed by atoms with Gasteiger partial charge in [-0.2, -0.15) is 0 Å². The number of rotatable bonds is 7. The van der Waals surface area contributed by atoms with E-state index in [0.717, 1.165) is 25.7 Å². The van der Waals surface area contributed by atoms with E-state index in [0.29, 0.717) is 18.6 Å². The Hall–Kier alpha value is -2.69. The summed E-state index contributed by atoms with van der Waals surface area (Å²) in [5.74, 6) is -2.90. The van der Waals surface area contributed by atoms with Gasteiger partial charge in [-0.15, -0.1) is 0 Å². The van der Waals surface area contributed by atoms with Crippen molar-refractivity contribution in [2.45, 2.75) is 112 Å². The number of aldehydes is 1. The highest BCUT2D eigenvalue weighted by Gasteiger charge is 2.26. The third kappa shape index (κ3) is 24.2. The lowest BCUT2D eigenvalue weighted by molar-refractivity contribution is -0.133. The van der Waals surface area contributed by atoms with E-state index in [1.807, 2.05) is 27.7 Å². The summed E-state index contributed by atoms with van der Waals surface area (Å²) in [5, 5.41) is 8.66. The van der Waals surface area contributed by atoms with E-state index >= 15 is 0 Å². The Balaban J connectivity index is -0.000000716. The molecule has 0 aliphatic heterocycles. The number of Topliss-reactive ketones (excluding diaryl/α,β-unsaturated/α-hetero) is 1. The van der Waals surface area contributed by atoms with Gasteiger partial charge in [-0.05, 0) is 26.7 Å². The fraction of sp³-hybridized carbons (Fsp3) is 0.792. The first-order valence-corrected chi connectivity index (χ1v) is 12.1. The number of hydrogen-bond acceptors (Lipinski definition) is 8. The van der Waals surface area contributed by atoms with E-state index in [4.69, 9.17) is 9.84 Å². The molecule has 0 saturated heterocycles. The van der Waals surface area contributed by atoms with Crippen molar-refractivity contribution in [3.8, 4) is 0 Å². The third-order valence-corrected chi connectivity index (χ3v) is 4.00. The molecule has 0 aromatic heterocycles. The minimum Gasteiger partial charge on any atom is -0.443 e. The minimum atomic E-state index is -1.45. The molecular weight excluding hydrogens is 458 g/mol. The van der Waals surface area contributed by atoms with Gasteiger partial charge in [-0.3, -0.25) is 15.0 Å². The Bertz CT molecular complexity index is 634. The van der Waals surface area contributed by atoms with E-state index in [1.54, 1.807) is 20.8 Å². The van der Waals surface area contributed by atoms with E-state index < -0.39 is 35.4 Å². The van der Waals surface area contributed by atoms with Crippen molar-refractivity contribution in [2.24, 2.45) is 17.6 Å². The Morgan fingerprint density at radius 1 is 0.971 bits per heavy atom. The van der Waals surface area contributed by atoms with Gasteiger partial charge in [0.2, 0.25) is 11.7 Å². The van der Waals surface area contributed by atoms with Crippen molar-refractivity contribution < 1.29 is 38.6 Å². The molecule has 0 spiro atoms. The van der Waals surface area contributed by atoms with Gasteiger partial charge >= 0.3 is 12.2 Å². The summed E-state index contributed by atoms with van der Waals surface area (Å²) >= 11 is 0. The predicted octanol–water partition coefficient (Wildman–Crippen LogP) is 3.76. The van der Waals surface area contributed by atoms with E-state index in [9.17, 15) is 24.0 Å².